The number of aryl methyl sites for hydroxylation is 3. The fourth-order valence-electron chi connectivity index (χ4n) is 3.05. The number of hydrogen-bond acceptors (Lipinski definition) is 1. The summed E-state index contributed by atoms with van der Waals surface area (Å²) in [5, 5.41) is 4.18. The molecule has 1 amide bonds. The Morgan fingerprint density at radius 2 is 1.91 bits per heavy atom. The van der Waals surface area contributed by atoms with Gasteiger partial charge in [0.25, 0.3) is 5.91 Å². The third kappa shape index (κ3) is 2.79. The quantitative estimate of drug-likeness (QED) is 0.667. The number of benzene rings is 2. The second-order valence-corrected chi connectivity index (χ2v) is 6.56. The number of carbonyl (C=O) groups excluding carboxylic acids is 1. The third-order valence-corrected chi connectivity index (χ3v) is 4.69. The van der Waals surface area contributed by atoms with Gasteiger partial charge in [-0.05, 0) is 56.2 Å². The van der Waals surface area contributed by atoms with Crippen molar-refractivity contribution < 1.29 is 4.79 Å². The lowest BCUT2D eigenvalue weighted by molar-refractivity contribution is 0.101. The number of aromatic nitrogens is 1. The minimum absolute atomic E-state index is 0.0639. The molecular weight excluding hydrogens is 352 g/mol. The van der Waals surface area contributed by atoms with E-state index < -0.39 is 0 Å². The van der Waals surface area contributed by atoms with Crippen LogP contribution in [0.1, 0.15) is 28.5 Å². The summed E-state index contributed by atoms with van der Waals surface area (Å²) < 4.78 is 3.08. The Labute approximate surface area is 144 Å². The highest BCUT2D eigenvalue weighted by Gasteiger charge is 2.19. The maximum absolute atomic E-state index is 12.9. The Balaban J connectivity index is 2.05. The smallest absolute Gasteiger partial charge is 0.272 e. The number of nitrogens with one attached hydrogen (secondary N) is 1. The van der Waals surface area contributed by atoms with Crippen molar-refractivity contribution >= 4 is 38.4 Å². The Kier molecular flexibility index (Phi) is 4.26. The summed E-state index contributed by atoms with van der Waals surface area (Å²) >= 11 is 3.45. The topological polar surface area (TPSA) is 34.0 Å². The molecule has 0 saturated carbocycles. The van der Waals surface area contributed by atoms with Gasteiger partial charge in [-0.2, -0.15) is 0 Å². The molecule has 1 N–H and O–H groups in total. The minimum atomic E-state index is -0.0639. The molecule has 1 heterocycles. The summed E-state index contributed by atoms with van der Waals surface area (Å²) in [5.41, 5.74) is 4.73. The highest BCUT2D eigenvalue weighted by Crippen LogP contribution is 2.27. The molecule has 0 unspecified atom stereocenters. The molecule has 3 aromatic rings. The van der Waals surface area contributed by atoms with Crippen LogP contribution in [0.25, 0.3) is 10.9 Å². The molecule has 0 radical (unpaired) electrons. The van der Waals surface area contributed by atoms with Gasteiger partial charge in [-0.25, -0.2) is 0 Å². The maximum atomic E-state index is 12.9. The molecule has 0 aliphatic rings. The second kappa shape index (κ2) is 6.20. The van der Waals surface area contributed by atoms with Gasteiger partial charge in [0.05, 0.1) is 0 Å². The summed E-state index contributed by atoms with van der Waals surface area (Å²) in [6.07, 6.45) is 0. The monoisotopic (exact) mass is 370 g/mol. The number of halogens is 1. The summed E-state index contributed by atoms with van der Waals surface area (Å²) in [6.45, 7) is 6.82. The summed E-state index contributed by atoms with van der Waals surface area (Å²) in [7, 11) is 0. The van der Waals surface area contributed by atoms with Gasteiger partial charge in [0.1, 0.15) is 5.69 Å². The van der Waals surface area contributed by atoms with Crippen LogP contribution in [0.4, 0.5) is 5.69 Å². The van der Waals surface area contributed by atoms with E-state index >= 15 is 0 Å². The van der Waals surface area contributed by atoms with Crippen molar-refractivity contribution in [2.75, 3.05) is 5.32 Å². The second-order valence-electron chi connectivity index (χ2n) is 5.65. The SMILES string of the molecule is CCn1c(C(=O)Nc2ccc(Br)cc2C)c(C)c2ccccc21. The van der Waals surface area contributed by atoms with Crippen LogP contribution < -0.4 is 5.32 Å². The van der Waals surface area contributed by atoms with Crippen LogP contribution in [0.2, 0.25) is 0 Å². The van der Waals surface area contributed by atoms with E-state index in [1.165, 1.54) is 0 Å². The fourth-order valence-corrected chi connectivity index (χ4v) is 3.52. The molecular formula is C19H19BrN2O. The van der Waals surface area contributed by atoms with Crippen molar-refractivity contribution in [3.05, 3.63) is 63.8 Å². The molecule has 0 atom stereocenters. The van der Waals surface area contributed by atoms with E-state index in [0.717, 1.165) is 44.4 Å². The van der Waals surface area contributed by atoms with E-state index in [1.807, 2.05) is 44.2 Å². The molecule has 0 fully saturated rings. The first-order valence-corrected chi connectivity index (χ1v) is 8.47. The average Bonchev–Trinajstić information content (AvgIpc) is 2.83. The van der Waals surface area contributed by atoms with Crippen LogP contribution in [0.15, 0.2) is 46.9 Å². The predicted molar refractivity (Wildman–Crippen MR) is 99.2 cm³/mol. The van der Waals surface area contributed by atoms with Gasteiger partial charge in [-0.15, -0.1) is 0 Å². The van der Waals surface area contributed by atoms with E-state index in [1.54, 1.807) is 0 Å². The lowest BCUT2D eigenvalue weighted by Crippen LogP contribution is -2.18. The van der Waals surface area contributed by atoms with Crippen LogP contribution in [0.3, 0.4) is 0 Å². The fraction of sp³-hybridized carbons (Fsp3) is 0.211. The number of para-hydroxylation sites is 1. The van der Waals surface area contributed by atoms with Gasteiger partial charge in [-0.1, -0.05) is 34.1 Å². The number of hydrogen-bond donors (Lipinski definition) is 1. The Bertz CT molecular complexity index is 896. The standard InChI is InChI=1S/C19H19BrN2O/c1-4-22-17-8-6-5-7-15(17)13(3)18(22)19(23)21-16-10-9-14(20)11-12(16)2/h5-11H,4H2,1-3H3,(H,21,23). The minimum Gasteiger partial charge on any atom is -0.337 e. The van der Waals surface area contributed by atoms with E-state index in [2.05, 4.69) is 44.9 Å². The highest BCUT2D eigenvalue weighted by molar-refractivity contribution is 9.10. The molecule has 23 heavy (non-hydrogen) atoms. The Morgan fingerprint density at radius 1 is 1.17 bits per heavy atom. The molecule has 2 aromatic carbocycles. The zero-order valence-corrected chi connectivity index (χ0v) is 15.1. The molecule has 4 heteroatoms. The lowest BCUT2D eigenvalue weighted by atomic mass is 10.1. The Hall–Kier alpha value is -2.07. The van der Waals surface area contributed by atoms with Gasteiger partial charge in [0.15, 0.2) is 0 Å². The molecule has 3 rings (SSSR count). The van der Waals surface area contributed by atoms with E-state index in [9.17, 15) is 4.79 Å². The van der Waals surface area contributed by atoms with Gasteiger partial charge in [0.2, 0.25) is 0 Å². The number of fused-ring (bicyclic) bond motifs is 1. The van der Waals surface area contributed by atoms with Crippen molar-refractivity contribution in [1.82, 2.24) is 4.57 Å². The van der Waals surface area contributed by atoms with Crippen LogP contribution in [-0.2, 0) is 6.54 Å². The molecule has 0 saturated heterocycles. The van der Waals surface area contributed by atoms with Crippen LogP contribution in [0, 0.1) is 13.8 Å². The van der Waals surface area contributed by atoms with Crippen molar-refractivity contribution in [2.24, 2.45) is 0 Å². The van der Waals surface area contributed by atoms with Gasteiger partial charge < -0.3 is 9.88 Å². The molecule has 0 aliphatic carbocycles. The van der Waals surface area contributed by atoms with Crippen molar-refractivity contribution in [3.8, 4) is 0 Å². The number of anilines is 1. The molecule has 0 spiro atoms. The van der Waals surface area contributed by atoms with Crippen molar-refractivity contribution in [1.29, 1.82) is 0 Å². The normalized spacial score (nSPS) is 11.0. The van der Waals surface area contributed by atoms with E-state index in [0.29, 0.717) is 0 Å². The Morgan fingerprint density at radius 3 is 2.61 bits per heavy atom. The average molecular weight is 371 g/mol. The highest BCUT2D eigenvalue weighted by atomic mass is 79.9. The number of rotatable bonds is 3. The first-order chi connectivity index (χ1) is 11.0. The maximum Gasteiger partial charge on any atom is 0.272 e. The van der Waals surface area contributed by atoms with Crippen molar-refractivity contribution in [3.63, 3.8) is 0 Å². The lowest BCUT2D eigenvalue weighted by Gasteiger charge is -2.12. The van der Waals surface area contributed by atoms with Gasteiger partial charge in [0, 0.05) is 27.6 Å². The van der Waals surface area contributed by atoms with Gasteiger partial charge >= 0.3 is 0 Å². The van der Waals surface area contributed by atoms with Crippen LogP contribution >= 0.6 is 15.9 Å². The third-order valence-electron chi connectivity index (χ3n) is 4.19. The zero-order chi connectivity index (χ0) is 16.6. The van der Waals surface area contributed by atoms with Gasteiger partial charge in [-0.3, -0.25) is 4.79 Å². The van der Waals surface area contributed by atoms with Crippen LogP contribution in [0.5, 0.6) is 0 Å². The molecule has 3 nitrogen and oxygen atoms in total. The molecule has 118 valence electrons. The first kappa shape index (κ1) is 15.8. The predicted octanol–water partition coefficient (Wildman–Crippen LogP) is 5.29. The zero-order valence-electron chi connectivity index (χ0n) is 13.5. The summed E-state index contributed by atoms with van der Waals surface area (Å²) in [5.74, 6) is -0.0639. The van der Waals surface area contributed by atoms with Crippen LogP contribution in [-0.4, -0.2) is 10.5 Å². The molecule has 0 aliphatic heterocycles. The number of nitrogens with zero attached hydrogens (tertiary/aromatic N) is 1. The van der Waals surface area contributed by atoms with E-state index in [-0.39, 0.29) is 5.91 Å². The van der Waals surface area contributed by atoms with Crippen molar-refractivity contribution in [2.45, 2.75) is 27.3 Å². The number of carbonyl (C=O) groups is 1. The molecule has 1 aromatic heterocycles. The number of amides is 1. The first-order valence-electron chi connectivity index (χ1n) is 7.68. The molecule has 0 bridgehead atoms. The van der Waals surface area contributed by atoms with E-state index in [4.69, 9.17) is 0 Å². The summed E-state index contributed by atoms with van der Waals surface area (Å²) in [4.78, 5) is 12.9. The largest absolute Gasteiger partial charge is 0.337 e. The summed E-state index contributed by atoms with van der Waals surface area (Å²) in [6, 6.07) is 14.0.